The minimum Gasteiger partial charge on any atom is -0.380 e. The molecule has 0 aliphatic carbocycles. The molecule has 3 N–H and O–H groups in total. The Labute approximate surface area is 115 Å². The van der Waals surface area contributed by atoms with E-state index in [-0.39, 0.29) is 0 Å². The molecule has 0 aliphatic heterocycles. The number of aryl methyl sites for hydroxylation is 1. The first-order chi connectivity index (χ1) is 9.10. The van der Waals surface area contributed by atoms with E-state index >= 15 is 0 Å². The molecule has 0 bridgehead atoms. The van der Waals surface area contributed by atoms with Crippen molar-refractivity contribution in [2.45, 2.75) is 13.5 Å². The summed E-state index contributed by atoms with van der Waals surface area (Å²) in [5, 5.41) is 12.0. The first-order valence-electron chi connectivity index (χ1n) is 5.73. The lowest BCUT2D eigenvalue weighted by Gasteiger charge is -2.09. The number of thiophene rings is 1. The summed E-state index contributed by atoms with van der Waals surface area (Å²) in [6, 6.07) is 11.2. The molecule has 0 aliphatic rings. The van der Waals surface area contributed by atoms with Gasteiger partial charge in [0.05, 0.1) is 0 Å². The molecule has 2 rings (SSSR count). The zero-order valence-corrected chi connectivity index (χ0v) is 11.3. The molecule has 1 amide bonds. The lowest BCUT2D eigenvalue weighted by atomic mass is 10.1. The highest BCUT2D eigenvalue weighted by Gasteiger charge is 2.05. The maximum absolute atomic E-state index is 11.1. The number of hydrogen-bond donors (Lipinski definition) is 2. The molecule has 2 aromatic rings. The van der Waals surface area contributed by atoms with E-state index in [1.165, 1.54) is 11.3 Å². The van der Waals surface area contributed by atoms with Crippen LogP contribution < -0.4 is 11.1 Å². The van der Waals surface area contributed by atoms with Crippen molar-refractivity contribution in [1.29, 1.82) is 5.26 Å². The Hall–Kier alpha value is -2.32. The van der Waals surface area contributed by atoms with Crippen LogP contribution in [0.3, 0.4) is 0 Å². The van der Waals surface area contributed by atoms with Crippen LogP contribution >= 0.6 is 11.3 Å². The van der Waals surface area contributed by atoms with Crippen molar-refractivity contribution in [3.8, 4) is 6.07 Å². The van der Waals surface area contributed by atoms with Crippen LogP contribution in [0.1, 0.15) is 25.7 Å². The van der Waals surface area contributed by atoms with Gasteiger partial charge in [0.1, 0.15) is 10.9 Å². The molecule has 1 aromatic carbocycles. The Morgan fingerprint density at radius 1 is 1.42 bits per heavy atom. The van der Waals surface area contributed by atoms with Gasteiger partial charge in [-0.05, 0) is 42.8 Å². The molecule has 0 spiro atoms. The summed E-state index contributed by atoms with van der Waals surface area (Å²) >= 11 is 1.47. The van der Waals surface area contributed by atoms with Crippen molar-refractivity contribution in [3.05, 3.63) is 51.2 Å². The van der Waals surface area contributed by atoms with Gasteiger partial charge in [0.15, 0.2) is 0 Å². The number of carbonyl (C=O) groups excluding carboxylic acids is 1. The van der Waals surface area contributed by atoms with Crippen LogP contribution in [0.15, 0.2) is 30.3 Å². The van der Waals surface area contributed by atoms with Crippen molar-refractivity contribution < 1.29 is 4.79 Å². The van der Waals surface area contributed by atoms with Crippen LogP contribution in [0.4, 0.5) is 5.69 Å². The fourth-order valence-corrected chi connectivity index (χ4v) is 2.48. The average molecular weight is 271 g/mol. The molecule has 0 atom stereocenters. The van der Waals surface area contributed by atoms with Gasteiger partial charge < -0.3 is 11.1 Å². The van der Waals surface area contributed by atoms with E-state index < -0.39 is 5.91 Å². The Balaban J connectivity index is 2.07. The van der Waals surface area contributed by atoms with Gasteiger partial charge in [0.25, 0.3) is 0 Å². The second-order valence-electron chi connectivity index (χ2n) is 4.13. The lowest BCUT2D eigenvalue weighted by Crippen LogP contribution is -2.11. The van der Waals surface area contributed by atoms with E-state index in [1.807, 2.05) is 25.1 Å². The maximum atomic E-state index is 11.1. The van der Waals surface area contributed by atoms with Crippen LogP contribution in [0, 0.1) is 18.3 Å². The van der Waals surface area contributed by atoms with Gasteiger partial charge in [-0.15, -0.1) is 11.3 Å². The summed E-state index contributed by atoms with van der Waals surface area (Å²) < 4.78 is 0. The van der Waals surface area contributed by atoms with Gasteiger partial charge in [0.2, 0.25) is 5.91 Å². The smallest absolute Gasteiger partial charge is 0.248 e. The van der Waals surface area contributed by atoms with E-state index in [2.05, 4.69) is 11.4 Å². The first-order valence-corrected chi connectivity index (χ1v) is 6.55. The molecular weight excluding hydrogens is 258 g/mol. The van der Waals surface area contributed by atoms with Gasteiger partial charge in [-0.3, -0.25) is 4.79 Å². The molecule has 5 heteroatoms. The number of rotatable bonds is 4. The van der Waals surface area contributed by atoms with Gasteiger partial charge in [0, 0.05) is 22.7 Å². The Bertz CT molecular complexity index is 655. The van der Waals surface area contributed by atoms with Crippen LogP contribution in [-0.2, 0) is 6.54 Å². The molecule has 1 heterocycles. The predicted octanol–water partition coefficient (Wildman–Crippen LogP) is 2.64. The molecule has 0 saturated heterocycles. The fourth-order valence-electron chi connectivity index (χ4n) is 1.73. The van der Waals surface area contributed by atoms with Crippen LogP contribution in [0.25, 0.3) is 0 Å². The second kappa shape index (κ2) is 5.55. The zero-order chi connectivity index (χ0) is 13.8. The van der Waals surface area contributed by atoms with E-state index in [0.717, 1.165) is 16.1 Å². The minimum atomic E-state index is -0.424. The van der Waals surface area contributed by atoms with Gasteiger partial charge >= 0.3 is 0 Å². The van der Waals surface area contributed by atoms with Crippen molar-refractivity contribution in [1.82, 2.24) is 0 Å². The van der Waals surface area contributed by atoms with Crippen molar-refractivity contribution >= 4 is 22.9 Å². The summed E-state index contributed by atoms with van der Waals surface area (Å²) in [6.07, 6.45) is 0. The molecule has 19 heavy (non-hydrogen) atoms. The van der Waals surface area contributed by atoms with E-state index in [4.69, 9.17) is 11.0 Å². The van der Waals surface area contributed by atoms with Gasteiger partial charge in [-0.25, -0.2) is 0 Å². The molecule has 4 nitrogen and oxygen atoms in total. The third-order valence-electron chi connectivity index (χ3n) is 2.74. The monoisotopic (exact) mass is 271 g/mol. The van der Waals surface area contributed by atoms with Crippen molar-refractivity contribution in [2.75, 3.05) is 5.32 Å². The summed E-state index contributed by atoms with van der Waals surface area (Å²) in [4.78, 5) is 12.9. The standard InChI is InChI=1S/C14H13N3OS/c1-9-6-10(14(16)18)2-5-13(9)17-8-12-4-3-11(7-15)19-12/h2-6,17H,8H2,1H3,(H2,16,18). The largest absolute Gasteiger partial charge is 0.380 e. The number of nitrogens with zero attached hydrogens (tertiary/aromatic N) is 1. The predicted molar refractivity (Wildman–Crippen MR) is 76.1 cm³/mol. The lowest BCUT2D eigenvalue weighted by molar-refractivity contribution is 0.1000. The molecule has 0 saturated carbocycles. The molecule has 1 aromatic heterocycles. The molecule has 96 valence electrons. The van der Waals surface area contributed by atoms with Crippen LogP contribution in [-0.4, -0.2) is 5.91 Å². The van der Waals surface area contributed by atoms with Gasteiger partial charge in [-0.2, -0.15) is 5.26 Å². The number of nitriles is 1. The Morgan fingerprint density at radius 3 is 2.79 bits per heavy atom. The van der Waals surface area contributed by atoms with Crippen molar-refractivity contribution in [2.24, 2.45) is 5.73 Å². The zero-order valence-electron chi connectivity index (χ0n) is 10.4. The van der Waals surface area contributed by atoms with Gasteiger partial charge in [-0.1, -0.05) is 0 Å². The number of nitrogens with one attached hydrogen (secondary N) is 1. The molecule has 0 unspecified atom stereocenters. The third-order valence-corrected chi connectivity index (χ3v) is 3.73. The maximum Gasteiger partial charge on any atom is 0.248 e. The second-order valence-corrected chi connectivity index (χ2v) is 5.29. The Kier molecular flexibility index (Phi) is 3.83. The van der Waals surface area contributed by atoms with E-state index in [9.17, 15) is 4.79 Å². The third kappa shape index (κ3) is 3.12. The molecule has 0 radical (unpaired) electrons. The SMILES string of the molecule is Cc1cc(C(N)=O)ccc1NCc1ccc(C#N)s1. The quantitative estimate of drug-likeness (QED) is 0.897. The number of hydrogen-bond acceptors (Lipinski definition) is 4. The summed E-state index contributed by atoms with van der Waals surface area (Å²) in [5.74, 6) is -0.424. The number of carbonyl (C=O) groups is 1. The topological polar surface area (TPSA) is 78.9 Å². The van der Waals surface area contributed by atoms with Crippen LogP contribution in [0.5, 0.6) is 0 Å². The summed E-state index contributed by atoms with van der Waals surface area (Å²) in [7, 11) is 0. The first kappa shape index (κ1) is 13.1. The molecular formula is C14H13N3OS. The fraction of sp³-hybridized carbons (Fsp3) is 0.143. The van der Waals surface area contributed by atoms with E-state index in [1.54, 1.807) is 12.1 Å². The van der Waals surface area contributed by atoms with Crippen molar-refractivity contribution in [3.63, 3.8) is 0 Å². The number of primary amides is 1. The number of anilines is 1. The van der Waals surface area contributed by atoms with E-state index in [0.29, 0.717) is 17.0 Å². The average Bonchev–Trinajstić information content (AvgIpc) is 2.85. The highest BCUT2D eigenvalue weighted by molar-refractivity contribution is 7.12. The highest BCUT2D eigenvalue weighted by Crippen LogP contribution is 2.20. The molecule has 0 fully saturated rings. The summed E-state index contributed by atoms with van der Waals surface area (Å²) in [6.45, 7) is 2.58. The highest BCUT2D eigenvalue weighted by atomic mass is 32.1. The van der Waals surface area contributed by atoms with Crippen LogP contribution in [0.2, 0.25) is 0 Å². The normalized spacial score (nSPS) is 9.89. The summed E-state index contributed by atoms with van der Waals surface area (Å²) in [5.41, 5.74) is 7.65. The number of amides is 1. The number of nitrogens with two attached hydrogens (primary N) is 1. The number of benzene rings is 1. The Morgan fingerprint density at radius 2 is 2.21 bits per heavy atom. The minimum absolute atomic E-state index is 0.424.